The Labute approximate surface area is 187 Å². The summed E-state index contributed by atoms with van der Waals surface area (Å²) in [6.07, 6.45) is 0. The van der Waals surface area contributed by atoms with E-state index in [1.807, 2.05) is 0 Å². The van der Waals surface area contributed by atoms with Crippen LogP contribution < -0.4 is 11.0 Å². The van der Waals surface area contributed by atoms with Crippen molar-refractivity contribution in [2.24, 2.45) is 10.2 Å². The summed E-state index contributed by atoms with van der Waals surface area (Å²) < 4.78 is 72.1. The highest BCUT2D eigenvalue weighted by Crippen LogP contribution is 2.36. The molecule has 34 heavy (non-hydrogen) atoms. The highest BCUT2D eigenvalue weighted by molar-refractivity contribution is 5.74. The number of H-pyrrole nitrogens is 1. The third-order valence-electron chi connectivity index (χ3n) is 4.84. The largest absolute Gasteiger partial charge is 0.313 e. The Balaban J connectivity index is 2.13. The first kappa shape index (κ1) is 22.8. The first-order valence-electron chi connectivity index (χ1n) is 9.65. The molecule has 1 N–H and O–H groups in total. The molecule has 0 aliphatic carbocycles. The summed E-state index contributed by atoms with van der Waals surface area (Å²) in [4.78, 5) is 25.0. The van der Waals surface area contributed by atoms with Crippen molar-refractivity contribution >= 4 is 11.4 Å². The Bertz CT molecular complexity index is 1520. The first-order chi connectivity index (χ1) is 16.2. The van der Waals surface area contributed by atoms with Gasteiger partial charge in [-0.05, 0) is 31.2 Å². The van der Waals surface area contributed by atoms with Crippen LogP contribution in [0.2, 0.25) is 0 Å². The van der Waals surface area contributed by atoms with E-state index in [0.29, 0.717) is 4.68 Å². The van der Waals surface area contributed by atoms with Crippen LogP contribution in [0.5, 0.6) is 0 Å². The molecule has 0 aliphatic heterocycles. The minimum atomic E-state index is -2.38. The quantitative estimate of drug-likeness (QED) is 0.138. The van der Waals surface area contributed by atoms with Crippen LogP contribution in [0.15, 0.2) is 74.4 Å². The van der Waals surface area contributed by atoms with Gasteiger partial charge in [-0.1, -0.05) is 35.9 Å². The second-order valence-corrected chi connectivity index (χ2v) is 7.12. The molecule has 3 aromatic carbocycles. The molecule has 0 aliphatic rings. The Morgan fingerprint density at radius 2 is 1.29 bits per heavy atom. The summed E-state index contributed by atoms with van der Waals surface area (Å²) in [6.45, 7) is 1.80. The van der Waals surface area contributed by atoms with Gasteiger partial charge in [0, 0.05) is 0 Å². The maximum absolute atomic E-state index is 14.8. The third kappa shape index (κ3) is 3.91. The standard InChI is InChI=1S/C23H13F5N4O2/c1-11-7-9-12(10-8-11)29-30-20-21(14-15(24)17(26)19(28)18(27)16(14)25)32(31-23(34)22(20)33)13-5-3-2-4-6-13/h2-10H,1H3,(H,31,34). The fraction of sp³-hybridized carbons (Fsp3) is 0.0435. The van der Waals surface area contributed by atoms with Crippen molar-refractivity contribution < 1.29 is 22.0 Å². The molecule has 6 nitrogen and oxygen atoms in total. The average Bonchev–Trinajstić information content (AvgIpc) is 2.84. The van der Waals surface area contributed by atoms with Crippen LogP contribution in [0.4, 0.5) is 33.3 Å². The van der Waals surface area contributed by atoms with Gasteiger partial charge in [0.15, 0.2) is 29.0 Å². The normalized spacial score (nSPS) is 11.4. The second-order valence-electron chi connectivity index (χ2n) is 7.12. The Morgan fingerprint density at radius 3 is 1.88 bits per heavy atom. The average molecular weight is 472 g/mol. The van der Waals surface area contributed by atoms with Crippen LogP contribution in [-0.2, 0) is 0 Å². The van der Waals surface area contributed by atoms with Gasteiger partial charge >= 0.3 is 5.56 Å². The Hall–Kier alpha value is -4.41. The lowest BCUT2D eigenvalue weighted by atomic mass is 10.1. The fourth-order valence-corrected chi connectivity index (χ4v) is 3.15. The SMILES string of the molecule is Cc1ccc(N=Nc2c(-c3c(F)c(F)c(F)c(F)c3F)n(-c3ccccc3)[nH]c(=O)c2=O)cc1. The number of hydrogen-bond acceptors (Lipinski definition) is 4. The van der Waals surface area contributed by atoms with Gasteiger partial charge in [0.25, 0.3) is 5.43 Å². The van der Waals surface area contributed by atoms with Gasteiger partial charge in [-0.2, -0.15) is 5.11 Å². The van der Waals surface area contributed by atoms with Crippen molar-refractivity contribution in [3.63, 3.8) is 0 Å². The van der Waals surface area contributed by atoms with E-state index in [4.69, 9.17) is 0 Å². The van der Waals surface area contributed by atoms with Gasteiger partial charge < -0.3 is 0 Å². The summed E-state index contributed by atoms with van der Waals surface area (Å²) in [5.74, 6) is -11.2. The highest BCUT2D eigenvalue weighted by atomic mass is 19.2. The first-order valence-corrected chi connectivity index (χ1v) is 9.65. The molecule has 0 radical (unpaired) electrons. The number of benzene rings is 3. The van der Waals surface area contributed by atoms with Gasteiger partial charge in [-0.3, -0.25) is 19.4 Å². The molecule has 0 saturated heterocycles. The smallest absolute Gasteiger partial charge is 0.281 e. The van der Waals surface area contributed by atoms with Crippen molar-refractivity contribution in [1.29, 1.82) is 0 Å². The van der Waals surface area contributed by atoms with Gasteiger partial charge in [0.1, 0.15) is 5.69 Å². The molecule has 0 spiro atoms. The Morgan fingerprint density at radius 1 is 0.735 bits per heavy atom. The Kier molecular flexibility index (Phi) is 5.93. The van der Waals surface area contributed by atoms with Crippen LogP contribution in [0, 0.1) is 36.0 Å². The molecule has 0 saturated carbocycles. The number of nitrogens with one attached hydrogen (secondary N) is 1. The van der Waals surface area contributed by atoms with Gasteiger partial charge in [0.2, 0.25) is 5.82 Å². The van der Waals surface area contributed by atoms with E-state index in [2.05, 4.69) is 15.3 Å². The molecule has 0 bridgehead atoms. The number of aryl methyl sites for hydroxylation is 1. The number of halogens is 5. The predicted octanol–water partition coefficient (Wildman–Crippen LogP) is 5.61. The van der Waals surface area contributed by atoms with Crippen molar-refractivity contribution in [3.05, 3.63) is 110 Å². The highest BCUT2D eigenvalue weighted by Gasteiger charge is 2.31. The van der Waals surface area contributed by atoms with E-state index in [9.17, 15) is 31.5 Å². The van der Waals surface area contributed by atoms with E-state index in [-0.39, 0.29) is 11.4 Å². The fourth-order valence-electron chi connectivity index (χ4n) is 3.15. The molecule has 172 valence electrons. The molecular weight excluding hydrogens is 459 g/mol. The number of azo groups is 1. The molecule has 1 heterocycles. The summed E-state index contributed by atoms with van der Waals surface area (Å²) >= 11 is 0. The van der Waals surface area contributed by atoms with Crippen LogP contribution >= 0.6 is 0 Å². The molecular formula is C23H13F5N4O2. The number of rotatable bonds is 4. The molecule has 4 aromatic rings. The number of hydrogen-bond donors (Lipinski definition) is 1. The molecule has 0 unspecified atom stereocenters. The van der Waals surface area contributed by atoms with Gasteiger partial charge in [-0.25, -0.2) is 22.0 Å². The van der Waals surface area contributed by atoms with Crippen LogP contribution in [-0.4, -0.2) is 9.78 Å². The topological polar surface area (TPSA) is 79.6 Å². The molecule has 1 aromatic heterocycles. The van der Waals surface area contributed by atoms with Crippen molar-refractivity contribution in [1.82, 2.24) is 9.78 Å². The lowest BCUT2D eigenvalue weighted by Gasteiger charge is -2.16. The van der Waals surface area contributed by atoms with Crippen LogP contribution in [0.3, 0.4) is 0 Å². The van der Waals surface area contributed by atoms with E-state index < -0.39 is 57.0 Å². The monoisotopic (exact) mass is 472 g/mol. The number of para-hydroxylation sites is 1. The molecule has 4 rings (SSSR count). The van der Waals surface area contributed by atoms with E-state index in [1.165, 1.54) is 36.4 Å². The maximum atomic E-state index is 14.8. The second kappa shape index (κ2) is 8.85. The van der Waals surface area contributed by atoms with Crippen LogP contribution in [0.25, 0.3) is 16.9 Å². The summed E-state index contributed by atoms with van der Waals surface area (Å²) in [7, 11) is 0. The lowest BCUT2D eigenvalue weighted by Crippen LogP contribution is -2.32. The molecule has 0 fully saturated rings. The van der Waals surface area contributed by atoms with Crippen LogP contribution in [0.1, 0.15) is 5.56 Å². The minimum Gasteiger partial charge on any atom is -0.281 e. The van der Waals surface area contributed by atoms with E-state index >= 15 is 0 Å². The zero-order valence-electron chi connectivity index (χ0n) is 17.2. The van der Waals surface area contributed by atoms with Crippen molar-refractivity contribution in [2.75, 3.05) is 0 Å². The number of aromatic amines is 1. The zero-order chi connectivity index (χ0) is 24.6. The van der Waals surface area contributed by atoms with Gasteiger partial charge in [-0.15, -0.1) is 5.11 Å². The van der Waals surface area contributed by atoms with Gasteiger partial charge in [0.05, 0.1) is 16.9 Å². The third-order valence-corrected chi connectivity index (χ3v) is 4.84. The summed E-state index contributed by atoms with van der Waals surface area (Å²) in [5.41, 5.74) is -4.76. The maximum Gasteiger partial charge on any atom is 0.313 e. The zero-order valence-corrected chi connectivity index (χ0v) is 17.2. The summed E-state index contributed by atoms with van der Waals surface area (Å²) in [6, 6.07) is 13.7. The number of aromatic nitrogens is 2. The van der Waals surface area contributed by atoms with Crippen molar-refractivity contribution in [3.8, 4) is 16.9 Å². The predicted molar refractivity (Wildman–Crippen MR) is 113 cm³/mol. The van der Waals surface area contributed by atoms with E-state index in [0.717, 1.165) is 5.56 Å². The minimum absolute atomic E-state index is 0.0466. The van der Waals surface area contributed by atoms with Crippen molar-refractivity contribution in [2.45, 2.75) is 6.92 Å². The number of nitrogens with zero attached hydrogens (tertiary/aromatic N) is 3. The molecule has 0 atom stereocenters. The molecule has 0 amide bonds. The lowest BCUT2D eigenvalue weighted by molar-refractivity contribution is 0.380. The summed E-state index contributed by atoms with van der Waals surface area (Å²) in [5, 5.41) is 9.60. The molecule has 11 heteroatoms. The van der Waals surface area contributed by atoms with E-state index in [1.54, 1.807) is 25.1 Å².